The van der Waals surface area contributed by atoms with Crippen molar-refractivity contribution in [1.29, 1.82) is 0 Å². The number of hydrogen-bond donors (Lipinski definition) is 1. The molecule has 1 heterocycles. The van der Waals surface area contributed by atoms with Gasteiger partial charge in [0.1, 0.15) is 5.82 Å². The molecule has 2 nitrogen and oxygen atoms in total. The van der Waals surface area contributed by atoms with Crippen LogP contribution in [0.3, 0.4) is 0 Å². The van der Waals surface area contributed by atoms with E-state index < -0.39 is 0 Å². The molecule has 1 aromatic heterocycles. The standard InChI is InChI=1S/C10H13ClN2/c11-9-5-2-6-12-10(9)13-7-8-3-1-4-8/h2,5-6,8H,1,3-4,7H2,(H,12,13). The Morgan fingerprint density at radius 3 is 3.00 bits per heavy atom. The zero-order valence-corrected chi connectivity index (χ0v) is 8.22. The molecule has 0 saturated heterocycles. The Morgan fingerprint density at radius 2 is 2.38 bits per heavy atom. The molecule has 1 aliphatic rings. The topological polar surface area (TPSA) is 24.9 Å². The van der Waals surface area contributed by atoms with E-state index in [1.165, 1.54) is 19.3 Å². The van der Waals surface area contributed by atoms with Crippen LogP contribution in [0.25, 0.3) is 0 Å². The third-order valence-electron chi connectivity index (χ3n) is 2.54. The number of anilines is 1. The van der Waals surface area contributed by atoms with Crippen LogP contribution in [0.4, 0.5) is 5.82 Å². The second kappa shape index (κ2) is 3.97. The van der Waals surface area contributed by atoms with E-state index in [1.54, 1.807) is 6.20 Å². The zero-order chi connectivity index (χ0) is 9.10. The van der Waals surface area contributed by atoms with Crippen molar-refractivity contribution in [2.24, 2.45) is 5.92 Å². The highest BCUT2D eigenvalue weighted by Crippen LogP contribution is 2.27. The molecule has 0 atom stereocenters. The molecule has 70 valence electrons. The van der Waals surface area contributed by atoms with E-state index in [-0.39, 0.29) is 0 Å². The van der Waals surface area contributed by atoms with Gasteiger partial charge in [-0.15, -0.1) is 0 Å². The van der Waals surface area contributed by atoms with E-state index in [0.29, 0.717) is 5.02 Å². The molecule has 0 aliphatic heterocycles. The van der Waals surface area contributed by atoms with Crippen LogP contribution in [-0.4, -0.2) is 11.5 Å². The molecule has 0 radical (unpaired) electrons. The summed E-state index contributed by atoms with van der Waals surface area (Å²) in [5, 5.41) is 3.98. The van der Waals surface area contributed by atoms with Crippen LogP contribution in [0.1, 0.15) is 19.3 Å². The summed E-state index contributed by atoms with van der Waals surface area (Å²) >= 11 is 5.94. The minimum atomic E-state index is 0.710. The lowest BCUT2D eigenvalue weighted by Crippen LogP contribution is -2.21. The summed E-state index contributed by atoms with van der Waals surface area (Å²) in [7, 11) is 0. The highest BCUT2D eigenvalue weighted by molar-refractivity contribution is 6.32. The average molecular weight is 197 g/mol. The van der Waals surface area contributed by atoms with Gasteiger partial charge < -0.3 is 5.32 Å². The van der Waals surface area contributed by atoms with Gasteiger partial charge in [-0.05, 0) is 30.9 Å². The van der Waals surface area contributed by atoms with Crippen LogP contribution in [0.5, 0.6) is 0 Å². The lowest BCUT2D eigenvalue weighted by molar-refractivity contribution is 0.333. The summed E-state index contributed by atoms with van der Waals surface area (Å²) in [6, 6.07) is 3.70. The monoisotopic (exact) mass is 196 g/mol. The predicted molar refractivity (Wildman–Crippen MR) is 55.1 cm³/mol. The van der Waals surface area contributed by atoms with Crippen LogP contribution >= 0.6 is 11.6 Å². The fourth-order valence-corrected chi connectivity index (χ4v) is 1.64. The van der Waals surface area contributed by atoms with E-state index in [0.717, 1.165) is 18.3 Å². The van der Waals surface area contributed by atoms with E-state index in [9.17, 15) is 0 Å². The molecule has 1 N–H and O–H groups in total. The summed E-state index contributed by atoms with van der Waals surface area (Å²) in [6.45, 7) is 1.01. The molecular weight excluding hydrogens is 184 g/mol. The molecule has 0 amide bonds. The first kappa shape index (κ1) is 8.82. The summed E-state index contributed by atoms with van der Waals surface area (Å²) < 4.78 is 0. The van der Waals surface area contributed by atoms with Crippen LogP contribution in [0.2, 0.25) is 5.02 Å². The van der Waals surface area contributed by atoms with Crippen molar-refractivity contribution in [2.75, 3.05) is 11.9 Å². The van der Waals surface area contributed by atoms with Gasteiger partial charge in [-0.3, -0.25) is 0 Å². The molecule has 0 unspecified atom stereocenters. The van der Waals surface area contributed by atoms with Gasteiger partial charge in [-0.1, -0.05) is 18.0 Å². The fraction of sp³-hybridized carbons (Fsp3) is 0.500. The van der Waals surface area contributed by atoms with Gasteiger partial charge in [0.2, 0.25) is 0 Å². The quantitative estimate of drug-likeness (QED) is 0.804. The summed E-state index contributed by atoms with van der Waals surface area (Å²) in [4.78, 5) is 4.17. The van der Waals surface area contributed by atoms with Gasteiger partial charge in [-0.2, -0.15) is 0 Å². The Labute approximate surface area is 83.3 Å². The van der Waals surface area contributed by atoms with E-state index in [1.807, 2.05) is 12.1 Å². The van der Waals surface area contributed by atoms with Crippen molar-refractivity contribution in [1.82, 2.24) is 4.98 Å². The van der Waals surface area contributed by atoms with Crippen molar-refractivity contribution >= 4 is 17.4 Å². The molecule has 2 rings (SSSR count). The van der Waals surface area contributed by atoms with Gasteiger partial charge in [-0.25, -0.2) is 4.98 Å². The Bertz CT molecular complexity index is 284. The smallest absolute Gasteiger partial charge is 0.144 e. The number of pyridine rings is 1. The lowest BCUT2D eigenvalue weighted by Gasteiger charge is -2.25. The maximum Gasteiger partial charge on any atom is 0.144 e. The number of nitrogens with one attached hydrogen (secondary N) is 1. The minimum absolute atomic E-state index is 0.710. The fourth-order valence-electron chi connectivity index (χ4n) is 1.45. The summed E-state index contributed by atoms with van der Waals surface area (Å²) in [5.41, 5.74) is 0. The van der Waals surface area contributed by atoms with Crippen LogP contribution in [0.15, 0.2) is 18.3 Å². The number of hydrogen-bond acceptors (Lipinski definition) is 2. The molecule has 1 saturated carbocycles. The lowest BCUT2D eigenvalue weighted by atomic mass is 9.85. The normalized spacial score (nSPS) is 16.7. The molecular formula is C10H13ClN2. The highest BCUT2D eigenvalue weighted by Gasteiger charge is 2.17. The number of nitrogens with zero attached hydrogens (tertiary/aromatic N) is 1. The van der Waals surface area contributed by atoms with Crippen molar-refractivity contribution in [3.05, 3.63) is 23.4 Å². The van der Waals surface area contributed by atoms with Gasteiger partial charge in [0, 0.05) is 12.7 Å². The maximum absolute atomic E-state index is 5.94. The second-order valence-corrected chi connectivity index (χ2v) is 3.92. The third-order valence-corrected chi connectivity index (χ3v) is 2.85. The van der Waals surface area contributed by atoms with Crippen LogP contribution in [-0.2, 0) is 0 Å². The summed E-state index contributed by atoms with van der Waals surface area (Å²) in [5.74, 6) is 1.65. The molecule has 1 aromatic rings. The van der Waals surface area contributed by atoms with Crippen molar-refractivity contribution in [3.8, 4) is 0 Å². The Morgan fingerprint density at radius 1 is 1.54 bits per heavy atom. The molecule has 0 spiro atoms. The van der Waals surface area contributed by atoms with Gasteiger partial charge in [0.25, 0.3) is 0 Å². The van der Waals surface area contributed by atoms with Gasteiger partial charge in [0.05, 0.1) is 5.02 Å². The predicted octanol–water partition coefficient (Wildman–Crippen LogP) is 2.95. The van der Waals surface area contributed by atoms with Gasteiger partial charge >= 0.3 is 0 Å². The van der Waals surface area contributed by atoms with Crippen LogP contribution in [0, 0.1) is 5.92 Å². The number of rotatable bonds is 3. The first-order valence-electron chi connectivity index (χ1n) is 4.70. The molecule has 0 bridgehead atoms. The third kappa shape index (κ3) is 2.13. The number of halogens is 1. The Hall–Kier alpha value is -0.760. The molecule has 3 heteroatoms. The maximum atomic E-state index is 5.94. The largest absolute Gasteiger partial charge is 0.369 e. The average Bonchev–Trinajstić information content (AvgIpc) is 2.05. The highest BCUT2D eigenvalue weighted by atomic mass is 35.5. The first-order chi connectivity index (χ1) is 6.36. The van der Waals surface area contributed by atoms with Crippen molar-refractivity contribution < 1.29 is 0 Å². The second-order valence-electron chi connectivity index (χ2n) is 3.51. The minimum Gasteiger partial charge on any atom is -0.369 e. The molecule has 1 fully saturated rings. The number of aromatic nitrogens is 1. The SMILES string of the molecule is Clc1cccnc1NCC1CCC1. The molecule has 1 aliphatic carbocycles. The van der Waals surface area contributed by atoms with Gasteiger partial charge in [0.15, 0.2) is 0 Å². The van der Waals surface area contributed by atoms with Crippen LogP contribution < -0.4 is 5.32 Å². The van der Waals surface area contributed by atoms with Crippen molar-refractivity contribution in [3.63, 3.8) is 0 Å². The van der Waals surface area contributed by atoms with E-state index >= 15 is 0 Å². The summed E-state index contributed by atoms with van der Waals surface area (Å²) in [6.07, 6.45) is 5.83. The van der Waals surface area contributed by atoms with E-state index in [4.69, 9.17) is 11.6 Å². The zero-order valence-electron chi connectivity index (χ0n) is 7.46. The van der Waals surface area contributed by atoms with E-state index in [2.05, 4.69) is 10.3 Å². The first-order valence-corrected chi connectivity index (χ1v) is 5.08. The Kier molecular flexibility index (Phi) is 2.69. The molecule has 0 aromatic carbocycles. The van der Waals surface area contributed by atoms with Crippen molar-refractivity contribution in [2.45, 2.75) is 19.3 Å². The Balaban J connectivity index is 1.89. The molecule has 13 heavy (non-hydrogen) atoms.